The van der Waals surface area contributed by atoms with Gasteiger partial charge in [0, 0.05) is 10.0 Å². The molecule has 140 valence electrons. The number of amides is 1. The molecule has 0 heterocycles. The number of carbonyl (C=O) groups excluding carboxylic acids is 1. The number of alkyl halides is 3. The molecule has 0 unspecified atom stereocenters. The molecule has 0 aliphatic carbocycles. The van der Waals surface area contributed by atoms with Crippen molar-refractivity contribution in [3.05, 3.63) is 58.1 Å². The lowest BCUT2D eigenvalue weighted by Gasteiger charge is -2.12. The van der Waals surface area contributed by atoms with E-state index in [2.05, 4.69) is 20.7 Å². The first kappa shape index (κ1) is 20.2. The van der Waals surface area contributed by atoms with Crippen LogP contribution in [0.4, 0.5) is 18.9 Å². The van der Waals surface area contributed by atoms with Crippen molar-refractivity contribution >= 4 is 37.5 Å². The summed E-state index contributed by atoms with van der Waals surface area (Å²) in [6, 6.07) is 9.84. The van der Waals surface area contributed by atoms with Gasteiger partial charge < -0.3 is 5.32 Å². The Morgan fingerprint density at radius 1 is 1.15 bits per heavy atom. The Morgan fingerprint density at radius 2 is 1.85 bits per heavy atom. The lowest BCUT2D eigenvalue weighted by Crippen LogP contribution is -2.33. The van der Waals surface area contributed by atoms with Crippen LogP contribution >= 0.6 is 15.9 Å². The quantitative estimate of drug-likeness (QED) is 0.726. The highest BCUT2D eigenvalue weighted by atomic mass is 79.9. The van der Waals surface area contributed by atoms with Gasteiger partial charge in [-0.05, 0) is 58.7 Å². The van der Waals surface area contributed by atoms with Crippen LogP contribution < -0.4 is 10.0 Å². The maximum absolute atomic E-state index is 12.5. The predicted molar refractivity (Wildman–Crippen MR) is 94.5 cm³/mol. The Balaban J connectivity index is 2.25. The van der Waals surface area contributed by atoms with Crippen LogP contribution in [0.25, 0.3) is 0 Å². The zero-order valence-electron chi connectivity index (χ0n) is 13.4. The number of halogens is 4. The number of benzene rings is 2. The Hall–Kier alpha value is -2.07. The zero-order chi connectivity index (χ0) is 19.5. The molecule has 0 spiro atoms. The number of sulfonamides is 1. The fraction of sp³-hybridized carbons (Fsp3) is 0.188. The highest BCUT2D eigenvalue weighted by molar-refractivity contribution is 9.10. The molecule has 0 aliphatic heterocycles. The van der Waals surface area contributed by atoms with E-state index in [9.17, 15) is 26.4 Å². The molecular weight excluding hydrogens is 437 g/mol. The van der Waals surface area contributed by atoms with Crippen LogP contribution in [0.5, 0.6) is 0 Å². The minimum absolute atomic E-state index is 0.194. The maximum atomic E-state index is 12.5. The second-order valence-electron chi connectivity index (χ2n) is 5.41. The largest absolute Gasteiger partial charge is 0.405 e. The van der Waals surface area contributed by atoms with Gasteiger partial charge in [-0.25, -0.2) is 8.42 Å². The first-order valence-electron chi connectivity index (χ1n) is 7.22. The van der Waals surface area contributed by atoms with Gasteiger partial charge >= 0.3 is 6.18 Å². The number of nitrogens with one attached hydrogen (secondary N) is 2. The molecule has 2 N–H and O–H groups in total. The van der Waals surface area contributed by atoms with E-state index < -0.39 is 28.7 Å². The minimum atomic E-state index is -4.56. The van der Waals surface area contributed by atoms with Gasteiger partial charge in [-0.3, -0.25) is 9.52 Å². The van der Waals surface area contributed by atoms with E-state index in [4.69, 9.17) is 0 Å². The van der Waals surface area contributed by atoms with Gasteiger partial charge in [0.1, 0.15) is 6.54 Å². The number of carbonyl (C=O) groups is 1. The van der Waals surface area contributed by atoms with Crippen molar-refractivity contribution < 1.29 is 26.4 Å². The molecule has 26 heavy (non-hydrogen) atoms. The van der Waals surface area contributed by atoms with Crippen LogP contribution in [-0.2, 0) is 10.0 Å². The highest BCUT2D eigenvalue weighted by Gasteiger charge is 2.28. The Labute approximate surface area is 156 Å². The minimum Gasteiger partial charge on any atom is -0.343 e. The van der Waals surface area contributed by atoms with Crippen molar-refractivity contribution in [3.63, 3.8) is 0 Å². The van der Waals surface area contributed by atoms with Crippen molar-refractivity contribution in [2.75, 3.05) is 11.3 Å². The number of hydrogen-bond donors (Lipinski definition) is 2. The van der Waals surface area contributed by atoms with Gasteiger partial charge in [0.15, 0.2) is 0 Å². The van der Waals surface area contributed by atoms with Crippen molar-refractivity contribution in [1.82, 2.24) is 5.32 Å². The van der Waals surface area contributed by atoms with Gasteiger partial charge in [-0.1, -0.05) is 12.1 Å². The zero-order valence-corrected chi connectivity index (χ0v) is 15.8. The lowest BCUT2D eigenvalue weighted by molar-refractivity contribution is -0.123. The smallest absolute Gasteiger partial charge is 0.343 e. The number of anilines is 1. The molecule has 0 radical (unpaired) electrons. The lowest BCUT2D eigenvalue weighted by atomic mass is 10.2. The first-order chi connectivity index (χ1) is 12.0. The SMILES string of the molecule is Cc1ccc(Br)c(NS(=O)(=O)c2cccc(C(=O)NCC(F)(F)F)c2)c1. The summed E-state index contributed by atoms with van der Waals surface area (Å²) in [5.74, 6) is -1.02. The van der Waals surface area contributed by atoms with E-state index in [1.807, 2.05) is 0 Å². The summed E-state index contributed by atoms with van der Waals surface area (Å²) in [6.07, 6.45) is -4.56. The monoisotopic (exact) mass is 450 g/mol. The average Bonchev–Trinajstić information content (AvgIpc) is 2.55. The van der Waals surface area contributed by atoms with Crippen molar-refractivity contribution in [2.45, 2.75) is 18.0 Å². The average molecular weight is 451 g/mol. The normalized spacial score (nSPS) is 11.9. The molecule has 2 aromatic rings. The van der Waals surface area contributed by atoms with Gasteiger partial charge in [0.25, 0.3) is 15.9 Å². The molecule has 0 fully saturated rings. The van der Waals surface area contributed by atoms with E-state index in [1.165, 1.54) is 18.2 Å². The van der Waals surface area contributed by atoms with Crippen LogP contribution in [0, 0.1) is 6.92 Å². The molecule has 0 bridgehead atoms. The summed E-state index contributed by atoms with van der Waals surface area (Å²) >= 11 is 3.23. The Bertz CT molecular complexity index is 931. The predicted octanol–water partition coefficient (Wildman–Crippen LogP) is 3.85. The number of hydrogen-bond acceptors (Lipinski definition) is 3. The third kappa shape index (κ3) is 5.46. The number of aryl methyl sites for hydroxylation is 1. The standard InChI is InChI=1S/C16H14BrF3N2O3S/c1-10-5-6-13(17)14(7-10)22-26(24,25)12-4-2-3-11(8-12)15(23)21-9-16(18,19)20/h2-8,22H,9H2,1H3,(H,21,23). The van der Waals surface area contributed by atoms with Crippen LogP contribution in [0.3, 0.4) is 0 Å². The molecular formula is C16H14BrF3N2O3S. The summed E-state index contributed by atoms with van der Waals surface area (Å²) in [5, 5.41) is 1.70. The van der Waals surface area contributed by atoms with E-state index in [0.29, 0.717) is 10.2 Å². The second kappa shape index (κ2) is 7.67. The van der Waals surface area contributed by atoms with Crippen LogP contribution in [0.1, 0.15) is 15.9 Å². The van der Waals surface area contributed by atoms with Crippen LogP contribution in [0.15, 0.2) is 51.8 Å². The summed E-state index contributed by atoms with van der Waals surface area (Å²) in [5.41, 5.74) is 0.934. The van der Waals surface area contributed by atoms with E-state index in [-0.39, 0.29) is 10.5 Å². The summed E-state index contributed by atoms with van der Waals surface area (Å²) in [6.45, 7) is 0.285. The highest BCUT2D eigenvalue weighted by Crippen LogP contribution is 2.26. The third-order valence-electron chi connectivity index (χ3n) is 3.22. The van der Waals surface area contributed by atoms with Crippen molar-refractivity contribution in [2.24, 2.45) is 0 Å². The maximum Gasteiger partial charge on any atom is 0.405 e. The van der Waals surface area contributed by atoms with Crippen molar-refractivity contribution in [3.8, 4) is 0 Å². The molecule has 2 rings (SSSR count). The molecule has 5 nitrogen and oxygen atoms in total. The van der Waals surface area contributed by atoms with Gasteiger partial charge in [0.05, 0.1) is 10.6 Å². The van der Waals surface area contributed by atoms with Gasteiger partial charge in [0.2, 0.25) is 0 Å². The third-order valence-corrected chi connectivity index (χ3v) is 5.28. The molecule has 2 aromatic carbocycles. The molecule has 0 aliphatic rings. The Kier molecular flexibility index (Phi) is 5.97. The van der Waals surface area contributed by atoms with E-state index in [1.54, 1.807) is 30.4 Å². The van der Waals surface area contributed by atoms with E-state index in [0.717, 1.165) is 11.6 Å². The molecule has 0 saturated heterocycles. The molecule has 0 aromatic heterocycles. The summed E-state index contributed by atoms with van der Waals surface area (Å²) < 4.78 is 64.5. The van der Waals surface area contributed by atoms with Crippen molar-refractivity contribution in [1.29, 1.82) is 0 Å². The molecule has 0 atom stereocenters. The summed E-state index contributed by atoms with van der Waals surface area (Å²) in [7, 11) is -4.03. The Morgan fingerprint density at radius 3 is 2.50 bits per heavy atom. The molecule has 1 amide bonds. The fourth-order valence-corrected chi connectivity index (χ4v) is 3.60. The molecule has 0 saturated carbocycles. The van der Waals surface area contributed by atoms with Gasteiger partial charge in [-0.15, -0.1) is 0 Å². The molecule has 10 heteroatoms. The fourth-order valence-electron chi connectivity index (χ4n) is 2.01. The van der Waals surface area contributed by atoms with Crippen LogP contribution in [-0.4, -0.2) is 27.0 Å². The number of rotatable bonds is 5. The van der Waals surface area contributed by atoms with Crippen LogP contribution in [0.2, 0.25) is 0 Å². The van der Waals surface area contributed by atoms with Gasteiger partial charge in [-0.2, -0.15) is 13.2 Å². The topological polar surface area (TPSA) is 75.3 Å². The first-order valence-corrected chi connectivity index (χ1v) is 9.49. The van der Waals surface area contributed by atoms with E-state index >= 15 is 0 Å². The summed E-state index contributed by atoms with van der Waals surface area (Å²) in [4.78, 5) is 11.5. The second-order valence-corrected chi connectivity index (χ2v) is 7.95.